The minimum absolute atomic E-state index is 0.00453. The van der Waals surface area contributed by atoms with Crippen LogP contribution in [0.2, 0.25) is 5.02 Å². The van der Waals surface area contributed by atoms with E-state index in [1.165, 1.54) is 37.6 Å². The van der Waals surface area contributed by atoms with Crippen LogP contribution in [-0.2, 0) is 6.18 Å². The van der Waals surface area contributed by atoms with Gasteiger partial charge in [0, 0.05) is 13.1 Å². The fraction of sp³-hybridized carbons (Fsp3) is 0.444. The molecule has 0 atom stereocenters. The molecule has 26 heavy (non-hydrogen) atoms. The highest BCUT2D eigenvalue weighted by molar-refractivity contribution is 6.33. The van der Waals surface area contributed by atoms with Crippen LogP contribution in [0.5, 0.6) is 0 Å². The van der Waals surface area contributed by atoms with Crippen LogP contribution in [0.4, 0.5) is 18.9 Å². The van der Waals surface area contributed by atoms with Crippen molar-refractivity contribution in [2.75, 3.05) is 18.0 Å². The highest BCUT2D eigenvalue weighted by Gasteiger charge is 2.45. The van der Waals surface area contributed by atoms with Gasteiger partial charge in [0.25, 0.3) is 5.56 Å². The average Bonchev–Trinajstić information content (AvgIpc) is 3.35. The summed E-state index contributed by atoms with van der Waals surface area (Å²) in [4.78, 5) is 14.7. The van der Waals surface area contributed by atoms with Crippen LogP contribution >= 0.6 is 11.6 Å². The molecule has 0 amide bonds. The maximum atomic E-state index is 12.9. The topological polar surface area (TPSA) is 38.1 Å². The van der Waals surface area contributed by atoms with Crippen LogP contribution in [0, 0.1) is 5.41 Å². The zero-order chi connectivity index (χ0) is 18.5. The first kappa shape index (κ1) is 17.4. The highest BCUT2D eigenvalue weighted by Crippen LogP contribution is 2.52. The highest BCUT2D eigenvalue weighted by atomic mass is 35.5. The Kier molecular flexibility index (Phi) is 4.02. The van der Waals surface area contributed by atoms with E-state index in [1.807, 2.05) is 0 Å². The Labute approximate surface area is 153 Å². The van der Waals surface area contributed by atoms with Crippen LogP contribution < -0.4 is 10.5 Å². The molecule has 1 spiro atoms. The molecular formula is C18H17ClF3N3O. The number of nitrogens with zero attached hydrogens (tertiary/aromatic N) is 3. The summed E-state index contributed by atoms with van der Waals surface area (Å²) in [5.41, 5.74) is -0.506. The van der Waals surface area contributed by atoms with Gasteiger partial charge in [0.05, 0.1) is 23.1 Å². The van der Waals surface area contributed by atoms with Crippen LogP contribution in [0.3, 0.4) is 0 Å². The van der Waals surface area contributed by atoms with Gasteiger partial charge in [-0.15, -0.1) is 0 Å². The average molecular weight is 384 g/mol. The molecule has 0 radical (unpaired) electrons. The number of hydrogen-bond donors (Lipinski definition) is 0. The Morgan fingerprint density at radius 2 is 1.96 bits per heavy atom. The van der Waals surface area contributed by atoms with E-state index < -0.39 is 17.3 Å². The first-order valence-electron chi connectivity index (χ1n) is 8.50. The van der Waals surface area contributed by atoms with Crippen LogP contribution in [0.1, 0.15) is 31.2 Å². The van der Waals surface area contributed by atoms with E-state index in [0.717, 1.165) is 36.3 Å². The van der Waals surface area contributed by atoms with Crippen LogP contribution in [0.15, 0.2) is 35.3 Å². The maximum absolute atomic E-state index is 12.9. The molecule has 1 saturated heterocycles. The first-order chi connectivity index (χ1) is 12.3. The molecule has 4 rings (SSSR count). The van der Waals surface area contributed by atoms with Gasteiger partial charge in [0.15, 0.2) is 0 Å². The van der Waals surface area contributed by atoms with Crippen molar-refractivity contribution in [3.05, 3.63) is 51.4 Å². The summed E-state index contributed by atoms with van der Waals surface area (Å²) in [6.07, 6.45) is 1.59. The SMILES string of the molecule is O=c1c(Cl)c(N2CCCC3(CC3)C2)cnn1-c1cccc(C(F)(F)F)c1. The molecule has 138 valence electrons. The zero-order valence-corrected chi connectivity index (χ0v) is 14.6. The van der Waals surface area contributed by atoms with Crippen molar-refractivity contribution in [3.8, 4) is 5.69 Å². The monoisotopic (exact) mass is 383 g/mol. The van der Waals surface area contributed by atoms with E-state index in [9.17, 15) is 18.0 Å². The summed E-state index contributed by atoms with van der Waals surface area (Å²) in [7, 11) is 0. The molecule has 2 heterocycles. The largest absolute Gasteiger partial charge is 0.416 e. The van der Waals surface area contributed by atoms with Gasteiger partial charge in [-0.05, 0) is 49.3 Å². The van der Waals surface area contributed by atoms with Gasteiger partial charge in [-0.3, -0.25) is 4.79 Å². The smallest absolute Gasteiger partial charge is 0.368 e. The number of rotatable bonds is 2. The van der Waals surface area contributed by atoms with Crippen molar-refractivity contribution < 1.29 is 13.2 Å². The molecule has 1 saturated carbocycles. The standard InChI is InChI=1S/C18H17ClF3N3O/c19-15-14(24-8-2-5-17(11-24)6-7-17)10-23-25(16(15)26)13-4-1-3-12(9-13)18(20,21)22/h1,3-4,9-10H,2,5-8,11H2. The predicted molar refractivity (Wildman–Crippen MR) is 93.0 cm³/mol. The number of piperidine rings is 1. The third-order valence-corrected chi connectivity index (χ3v) is 5.63. The van der Waals surface area contributed by atoms with Gasteiger partial charge in [0.1, 0.15) is 5.02 Å². The second kappa shape index (κ2) is 6.01. The Balaban J connectivity index is 1.70. The summed E-state index contributed by atoms with van der Waals surface area (Å²) < 4.78 is 39.6. The fourth-order valence-corrected chi connectivity index (χ4v) is 3.89. The van der Waals surface area contributed by atoms with E-state index in [-0.39, 0.29) is 10.7 Å². The lowest BCUT2D eigenvalue weighted by molar-refractivity contribution is -0.137. The normalized spacial score (nSPS) is 19.0. The third-order valence-electron chi connectivity index (χ3n) is 5.28. The Morgan fingerprint density at radius 3 is 2.65 bits per heavy atom. The number of benzene rings is 1. The van der Waals surface area contributed by atoms with Crippen LogP contribution in [-0.4, -0.2) is 22.9 Å². The van der Waals surface area contributed by atoms with Crippen molar-refractivity contribution in [1.29, 1.82) is 0 Å². The lowest BCUT2D eigenvalue weighted by atomic mass is 9.95. The van der Waals surface area contributed by atoms with Crippen molar-refractivity contribution in [2.45, 2.75) is 31.9 Å². The lowest BCUT2D eigenvalue weighted by Crippen LogP contribution is -2.38. The predicted octanol–water partition coefficient (Wildman–Crippen LogP) is 4.29. The van der Waals surface area contributed by atoms with Crippen LogP contribution in [0.25, 0.3) is 5.69 Å². The van der Waals surface area contributed by atoms with Gasteiger partial charge in [-0.1, -0.05) is 17.7 Å². The summed E-state index contributed by atoms with van der Waals surface area (Å²) in [6.45, 7) is 1.65. The number of hydrogen-bond acceptors (Lipinski definition) is 3. The second-order valence-electron chi connectivity index (χ2n) is 7.13. The lowest BCUT2D eigenvalue weighted by Gasteiger charge is -2.34. The molecule has 4 nitrogen and oxygen atoms in total. The molecule has 8 heteroatoms. The van der Waals surface area contributed by atoms with E-state index >= 15 is 0 Å². The first-order valence-corrected chi connectivity index (χ1v) is 8.87. The third kappa shape index (κ3) is 3.09. The molecule has 1 aliphatic heterocycles. The number of alkyl halides is 3. The summed E-state index contributed by atoms with van der Waals surface area (Å²) in [5.74, 6) is 0. The van der Waals surface area contributed by atoms with E-state index in [4.69, 9.17) is 11.6 Å². The molecule has 1 aromatic heterocycles. The molecule has 2 aromatic rings. The molecular weight excluding hydrogens is 367 g/mol. The molecule has 2 fully saturated rings. The quantitative estimate of drug-likeness (QED) is 0.776. The van der Waals surface area contributed by atoms with Gasteiger partial charge < -0.3 is 4.90 Å². The van der Waals surface area contributed by atoms with Gasteiger partial charge in [-0.2, -0.15) is 23.0 Å². The Hall–Kier alpha value is -2.02. The van der Waals surface area contributed by atoms with Gasteiger partial charge >= 0.3 is 6.18 Å². The summed E-state index contributed by atoms with van der Waals surface area (Å²) in [6, 6.07) is 4.49. The zero-order valence-electron chi connectivity index (χ0n) is 13.9. The summed E-state index contributed by atoms with van der Waals surface area (Å²) >= 11 is 6.29. The Bertz CT molecular complexity index is 905. The van der Waals surface area contributed by atoms with Crippen molar-refractivity contribution in [2.24, 2.45) is 5.41 Å². The molecule has 0 unspecified atom stereocenters. The fourth-order valence-electron chi connectivity index (χ4n) is 3.64. The molecule has 1 aromatic carbocycles. The van der Waals surface area contributed by atoms with Crippen molar-refractivity contribution in [1.82, 2.24) is 9.78 Å². The molecule has 0 bridgehead atoms. The molecule has 2 aliphatic rings. The van der Waals surface area contributed by atoms with Crippen molar-refractivity contribution in [3.63, 3.8) is 0 Å². The Morgan fingerprint density at radius 1 is 1.19 bits per heavy atom. The summed E-state index contributed by atoms with van der Waals surface area (Å²) in [5, 5.41) is 4.08. The van der Waals surface area contributed by atoms with E-state index in [2.05, 4.69) is 10.00 Å². The number of anilines is 1. The molecule has 1 aliphatic carbocycles. The van der Waals surface area contributed by atoms with Gasteiger partial charge in [0.2, 0.25) is 0 Å². The minimum Gasteiger partial charge on any atom is -0.368 e. The van der Waals surface area contributed by atoms with Crippen molar-refractivity contribution >= 4 is 17.3 Å². The number of aromatic nitrogens is 2. The molecule has 0 N–H and O–H groups in total. The number of halogens is 4. The maximum Gasteiger partial charge on any atom is 0.416 e. The minimum atomic E-state index is -4.49. The second-order valence-corrected chi connectivity index (χ2v) is 7.51. The van der Waals surface area contributed by atoms with E-state index in [1.54, 1.807) is 0 Å². The van der Waals surface area contributed by atoms with Gasteiger partial charge in [-0.25, -0.2) is 0 Å². The van der Waals surface area contributed by atoms with E-state index in [0.29, 0.717) is 11.1 Å².